The van der Waals surface area contributed by atoms with Crippen molar-refractivity contribution in [3.8, 4) is 0 Å². The van der Waals surface area contributed by atoms with E-state index >= 15 is 0 Å². The standard InChI is InChI=1S/C19H23I/c1-4-18(3,5-2)19(20,16-12-8-6-9-13-16)17-14-10-7-11-15-17/h6-15H,4-5H2,1-3H3. The molecule has 0 bridgehead atoms. The molecule has 0 aliphatic rings. The van der Waals surface area contributed by atoms with Crippen LogP contribution in [0.25, 0.3) is 0 Å². The zero-order chi connectivity index (χ0) is 14.6. The summed E-state index contributed by atoms with van der Waals surface area (Å²) in [6, 6.07) is 21.9. The van der Waals surface area contributed by atoms with E-state index in [1.165, 1.54) is 11.1 Å². The van der Waals surface area contributed by atoms with Crippen LogP contribution in [0, 0.1) is 5.41 Å². The van der Waals surface area contributed by atoms with E-state index < -0.39 is 0 Å². The summed E-state index contributed by atoms with van der Waals surface area (Å²) in [5, 5.41) is 0. The molecule has 0 unspecified atom stereocenters. The Morgan fingerprint density at radius 2 is 1.10 bits per heavy atom. The second-order valence-corrected chi connectivity index (χ2v) is 7.28. The summed E-state index contributed by atoms with van der Waals surface area (Å²) in [5.41, 5.74) is 3.03. The highest BCUT2D eigenvalue weighted by Gasteiger charge is 2.46. The molecule has 106 valence electrons. The molecule has 0 aromatic heterocycles. The molecule has 0 aliphatic heterocycles. The highest BCUT2D eigenvalue weighted by atomic mass is 127. The van der Waals surface area contributed by atoms with Crippen LogP contribution in [0.4, 0.5) is 0 Å². The summed E-state index contributed by atoms with van der Waals surface area (Å²) in [5.74, 6) is 0. The molecule has 0 N–H and O–H groups in total. The molecule has 1 heteroatoms. The monoisotopic (exact) mass is 378 g/mol. The largest absolute Gasteiger partial charge is 0.0771 e. The quantitative estimate of drug-likeness (QED) is 0.430. The van der Waals surface area contributed by atoms with Gasteiger partial charge in [0.15, 0.2) is 0 Å². The maximum Gasteiger partial charge on any atom is 0.0771 e. The summed E-state index contributed by atoms with van der Waals surface area (Å²) in [6.45, 7) is 7.03. The predicted octanol–water partition coefficient (Wildman–Crippen LogP) is 6.19. The van der Waals surface area contributed by atoms with Crippen LogP contribution in [-0.2, 0) is 3.42 Å². The average molecular weight is 378 g/mol. The van der Waals surface area contributed by atoms with Gasteiger partial charge in [-0.25, -0.2) is 0 Å². The van der Waals surface area contributed by atoms with Gasteiger partial charge in [0, 0.05) is 0 Å². The first-order chi connectivity index (χ1) is 9.58. The van der Waals surface area contributed by atoms with Crippen molar-refractivity contribution in [2.45, 2.75) is 37.0 Å². The van der Waals surface area contributed by atoms with Crippen molar-refractivity contribution >= 4 is 22.6 Å². The third-order valence-electron chi connectivity index (χ3n) is 4.74. The Bertz CT molecular complexity index is 487. The average Bonchev–Trinajstić information content (AvgIpc) is 2.54. The van der Waals surface area contributed by atoms with Crippen LogP contribution in [0.5, 0.6) is 0 Å². The number of hydrogen-bond acceptors (Lipinski definition) is 0. The Balaban J connectivity index is 2.67. The van der Waals surface area contributed by atoms with Gasteiger partial charge in [-0.15, -0.1) is 0 Å². The number of halogens is 1. The van der Waals surface area contributed by atoms with E-state index in [0.717, 1.165) is 12.8 Å². The molecule has 2 aromatic carbocycles. The molecular weight excluding hydrogens is 355 g/mol. The lowest BCUT2D eigenvalue weighted by molar-refractivity contribution is 0.244. The molecular formula is C19H23I. The molecule has 0 atom stereocenters. The van der Waals surface area contributed by atoms with E-state index in [2.05, 4.69) is 104 Å². The number of benzene rings is 2. The highest BCUT2D eigenvalue weighted by Crippen LogP contribution is 2.55. The van der Waals surface area contributed by atoms with E-state index in [1.54, 1.807) is 0 Å². The van der Waals surface area contributed by atoms with Gasteiger partial charge in [-0.2, -0.15) is 0 Å². The number of rotatable bonds is 5. The minimum absolute atomic E-state index is 0.0107. The third kappa shape index (κ3) is 2.52. The molecule has 0 saturated heterocycles. The lowest BCUT2D eigenvalue weighted by atomic mass is 9.67. The summed E-state index contributed by atoms with van der Waals surface area (Å²) < 4.78 is 0.0107. The Hall–Kier alpha value is -0.830. The predicted molar refractivity (Wildman–Crippen MR) is 96.4 cm³/mol. The van der Waals surface area contributed by atoms with Crippen molar-refractivity contribution in [2.75, 3.05) is 0 Å². The Kier molecular flexibility index (Phi) is 4.90. The Morgan fingerprint density at radius 3 is 1.40 bits per heavy atom. The van der Waals surface area contributed by atoms with Crippen LogP contribution < -0.4 is 0 Å². The first-order valence-electron chi connectivity index (χ1n) is 7.38. The van der Waals surface area contributed by atoms with Gasteiger partial charge >= 0.3 is 0 Å². The van der Waals surface area contributed by atoms with Crippen molar-refractivity contribution in [3.63, 3.8) is 0 Å². The van der Waals surface area contributed by atoms with Crippen LogP contribution >= 0.6 is 22.6 Å². The van der Waals surface area contributed by atoms with Crippen molar-refractivity contribution in [1.29, 1.82) is 0 Å². The zero-order valence-corrected chi connectivity index (χ0v) is 14.7. The zero-order valence-electron chi connectivity index (χ0n) is 12.6. The molecule has 0 nitrogen and oxygen atoms in total. The van der Waals surface area contributed by atoms with Gasteiger partial charge in [0.25, 0.3) is 0 Å². The maximum absolute atomic E-state index is 2.69. The first kappa shape index (κ1) is 15.6. The van der Waals surface area contributed by atoms with Gasteiger partial charge in [0.1, 0.15) is 0 Å². The highest BCUT2D eigenvalue weighted by molar-refractivity contribution is 14.1. The Morgan fingerprint density at radius 1 is 0.750 bits per heavy atom. The molecule has 2 aromatic rings. The first-order valence-corrected chi connectivity index (χ1v) is 8.46. The van der Waals surface area contributed by atoms with Crippen LogP contribution in [-0.4, -0.2) is 0 Å². The molecule has 2 rings (SSSR count). The van der Waals surface area contributed by atoms with Gasteiger partial charge in [-0.05, 0) is 29.4 Å². The van der Waals surface area contributed by atoms with Crippen molar-refractivity contribution in [1.82, 2.24) is 0 Å². The second-order valence-electron chi connectivity index (χ2n) is 5.66. The van der Waals surface area contributed by atoms with Crippen molar-refractivity contribution < 1.29 is 0 Å². The number of alkyl halides is 1. The number of hydrogen-bond donors (Lipinski definition) is 0. The van der Waals surface area contributed by atoms with Crippen LogP contribution in [0.3, 0.4) is 0 Å². The lowest BCUT2D eigenvalue weighted by Crippen LogP contribution is -2.39. The topological polar surface area (TPSA) is 0 Å². The summed E-state index contributed by atoms with van der Waals surface area (Å²) in [4.78, 5) is 0. The lowest BCUT2D eigenvalue weighted by Gasteiger charge is -2.45. The van der Waals surface area contributed by atoms with Crippen LogP contribution in [0.15, 0.2) is 60.7 Å². The second kappa shape index (κ2) is 6.30. The van der Waals surface area contributed by atoms with E-state index in [-0.39, 0.29) is 8.84 Å². The van der Waals surface area contributed by atoms with Crippen LogP contribution in [0.2, 0.25) is 0 Å². The van der Waals surface area contributed by atoms with E-state index in [4.69, 9.17) is 0 Å². The van der Waals surface area contributed by atoms with Gasteiger partial charge in [-0.3, -0.25) is 0 Å². The minimum Gasteiger partial charge on any atom is -0.0678 e. The fourth-order valence-electron chi connectivity index (χ4n) is 2.94. The minimum atomic E-state index is 0.0107. The molecule has 0 fully saturated rings. The van der Waals surface area contributed by atoms with Gasteiger partial charge in [0.05, 0.1) is 3.42 Å². The smallest absolute Gasteiger partial charge is 0.0678 e. The Labute approximate surface area is 136 Å². The van der Waals surface area contributed by atoms with Crippen LogP contribution in [0.1, 0.15) is 44.7 Å². The third-order valence-corrected chi connectivity index (χ3v) is 7.28. The van der Waals surface area contributed by atoms with Gasteiger partial charge in [0.2, 0.25) is 0 Å². The van der Waals surface area contributed by atoms with E-state index in [0.29, 0.717) is 0 Å². The van der Waals surface area contributed by atoms with Crippen molar-refractivity contribution in [3.05, 3.63) is 71.8 Å². The van der Waals surface area contributed by atoms with Gasteiger partial charge < -0.3 is 0 Å². The normalized spacial score (nSPS) is 12.4. The molecule has 0 aliphatic carbocycles. The maximum atomic E-state index is 2.69. The van der Waals surface area contributed by atoms with Crippen molar-refractivity contribution in [2.24, 2.45) is 5.41 Å². The van der Waals surface area contributed by atoms with E-state index in [9.17, 15) is 0 Å². The summed E-state index contributed by atoms with van der Waals surface area (Å²) in [6.07, 6.45) is 2.33. The van der Waals surface area contributed by atoms with Gasteiger partial charge in [-0.1, -0.05) is 104 Å². The molecule has 0 heterocycles. The fraction of sp³-hybridized carbons (Fsp3) is 0.368. The molecule has 0 radical (unpaired) electrons. The summed E-state index contributed by atoms with van der Waals surface area (Å²) in [7, 11) is 0. The molecule has 20 heavy (non-hydrogen) atoms. The SMILES string of the molecule is CCC(C)(CC)C(I)(c1ccccc1)c1ccccc1. The van der Waals surface area contributed by atoms with E-state index in [1.807, 2.05) is 0 Å². The molecule has 0 spiro atoms. The summed E-state index contributed by atoms with van der Waals surface area (Å²) >= 11 is 2.69. The molecule has 0 amide bonds. The fourth-order valence-corrected chi connectivity index (χ4v) is 4.42. The molecule has 0 saturated carbocycles.